The van der Waals surface area contributed by atoms with Gasteiger partial charge in [-0.3, -0.25) is 0 Å². The van der Waals surface area contributed by atoms with Crippen LogP contribution in [-0.4, -0.2) is 40.0 Å². The van der Waals surface area contributed by atoms with Crippen molar-refractivity contribution in [3.05, 3.63) is 18.0 Å². The van der Waals surface area contributed by atoms with Crippen LogP contribution in [0.1, 0.15) is 5.76 Å². The van der Waals surface area contributed by atoms with Crippen LogP contribution >= 0.6 is 0 Å². The molecule has 8 nitrogen and oxygen atoms in total. The highest BCUT2D eigenvalue weighted by molar-refractivity contribution is 5.82. The van der Waals surface area contributed by atoms with Gasteiger partial charge in [0.1, 0.15) is 0 Å². The largest absolute Gasteiger partial charge is 0.480 e. The van der Waals surface area contributed by atoms with E-state index in [1.165, 1.54) is 6.20 Å². The highest BCUT2D eigenvalue weighted by Gasteiger charge is 2.18. The van der Waals surface area contributed by atoms with Crippen molar-refractivity contribution in [3.63, 3.8) is 0 Å². The average Bonchev–Trinajstić information content (AvgIpc) is 2.75. The number of hydrogen-bond acceptors (Lipinski definition) is 5. The number of nitrogens with zero attached hydrogens (tertiary/aromatic N) is 1. The summed E-state index contributed by atoms with van der Waals surface area (Å²) in [4.78, 5) is 21.6. The molecule has 0 fully saturated rings. The van der Waals surface area contributed by atoms with E-state index in [4.69, 9.17) is 14.7 Å². The topological polar surface area (TPSA) is 125 Å². The molecule has 2 amide bonds. The summed E-state index contributed by atoms with van der Waals surface area (Å²) in [5.41, 5.74) is 0. The van der Waals surface area contributed by atoms with Gasteiger partial charge in [0.2, 0.25) is 0 Å². The van der Waals surface area contributed by atoms with E-state index in [-0.39, 0.29) is 6.54 Å². The third kappa shape index (κ3) is 3.58. The Hall–Kier alpha value is -2.09. The maximum atomic E-state index is 11.2. The van der Waals surface area contributed by atoms with E-state index < -0.39 is 24.6 Å². The van der Waals surface area contributed by atoms with Gasteiger partial charge in [-0.25, -0.2) is 9.59 Å². The minimum Gasteiger partial charge on any atom is -0.480 e. The van der Waals surface area contributed by atoms with Gasteiger partial charge in [0, 0.05) is 6.07 Å². The van der Waals surface area contributed by atoms with Crippen LogP contribution in [-0.2, 0) is 11.3 Å². The summed E-state index contributed by atoms with van der Waals surface area (Å²) in [5.74, 6) is -0.872. The number of carboxylic acids is 1. The second-order valence-electron chi connectivity index (χ2n) is 2.88. The molecule has 0 aliphatic heterocycles. The quantitative estimate of drug-likeness (QED) is 0.509. The molecule has 0 aliphatic carbocycles. The molecule has 0 spiro atoms. The number of rotatable bonds is 5. The van der Waals surface area contributed by atoms with Crippen molar-refractivity contribution in [3.8, 4) is 0 Å². The van der Waals surface area contributed by atoms with Gasteiger partial charge in [-0.05, 0) is 0 Å². The number of carboxylic acid groups (broad SMARTS) is 1. The lowest BCUT2D eigenvalue weighted by Crippen LogP contribution is -2.47. The first kappa shape index (κ1) is 12.0. The van der Waals surface area contributed by atoms with Crippen molar-refractivity contribution in [2.45, 2.75) is 12.6 Å². The normalized spacial score (nSPS) is 11.8. The fourth-order valence-electron chi connectivity index (χ4n) is 0.895. The van der Waals surface area contributed by atoms with Gasteiger partial charge >= 0.3 is 12.0 Å². The lowest BCUT2D eigenvalue weighted by atomic mass is 10.3. The van der Waals surface area contributed by atoms with Gasteiger partial charge in [-0.2, -0.15) is 0 Å². The molecular weight excluding hydrogens is 218 g/mol. The minimum absolute atomic E-state index is 0.0869. The molecule has 1 aromatic heterocycles. The van der Waals surface area contributed by atoms with Crippen LogP contribution in [0.4, 0.5) is 4.79 Å². The van der Waals surface area contributed by atoms with Gasteiger partial charge in [0.25, 0.3) is 0 Å². The molecule has 0 aliphatic rings. The molecule has 16 heavy (non-hydrogen) atoms. The number of nitrogens with one attached hydrogen (secondary N) is 2. The van der Waals surface area contributed by atoms with Crippen molar-refractivity contribution >= 4 is 12.0 Å². The number of hydrogen-bond donors (Lipinski definition) is 4. The molecular formula is C8H11N3O5. The Kier molecular flexibility index (Phi) is 4.28. The van der Waals surface area contributed by atoms with E-state index in [1.54, 1.807) is 6.07 Å². The van der Waals surface area contributed by atoms with E-state index >= 15 is 0 Å². The average molecular weight is 229 g/mol. The standard InChI is InChI=1S/C8H11N3O5/c12-4-6(7(13)14)11-8(15)9-3-5-1-2-10-16-5/h1-2,6,12H,3-4H2,(H,13,14)(H2,9,11,15). The Labute approximate surface area is 90.2 Å². The van der Waals surface area contributed by atoms with E-state index in [9.17, 15) is 9.59 Å². The van der Waals surface area contributed by atoms with Gasteiger partial charge in [0.05, 0.1) is 19.3 Å². The van der Waals surface area contributed by atoms with Crippen LogP contribution in [0.3, 0.4) is 0 Å². The van der Waals surface area contributed by atoms with Crippen LogP contribution in [0.15, 0.2) is 16.8 Å². The zero-order valence-corrected chi connectivity index (χ0v) is 8.21. The van der Waals surface area contributed by atoms with Crippen molar-refractivity contribution in [2.24, 2.45) is 0 Å². The molecule has 1 aromatic rings. The molecule has 1 unspecified atom stereocenters. The Balaban J connectivity index is 2.33. The summed E-state index contributed by atoms with van der Waals surface area (Å²) in [5, 5.41) is 25.0. The van der Waals surface area contributed by atoms with Crippen LogP contribution in [0, 0.1) is 0 Å². The summed E-state index contributed by atoms with van der Waals surface area (Å²) in [7, 11) is 0. The summed E-state index contributed by atoms with van der Waals surface area (Å²) >= 11 is 0. The van der Waals surface area contributed by atoms with Crippen molar-refractivity contribution in [2.75, 3.05) is 6.61 Å². The first-order chi connectivity index (χ1) is 7.63. The zero-order chi connectivity index (χ0) is 12.0. The molecule has 0 bridgehead atoms. The predicted octanol–water partition coefficient (Wildman–Crippen LogP) is -1.08. The van der Waals surface area contributed by atoms with Crippen LogP contribution in [0.5, 0.6) is 0 Å². The van der Waals surface area contributed by atoms with E-state index in [2.05, 4.69) is 15.8 Å². The molecule has 4 N–H and O–H groups in total. The van der Waals surface area contributed by atoms with Crippen LogP contribution in [0.2, 0.25) is 0 Å². The molecule has 0 saturated carbocycles. The van der Waals surface area contributed by atoms with E-state index in [0.29, 0.717) is 5.76 Å². The van der Waals surface area contributed by atoms with Gasteiger partial charge in [0.15, 0.2) is 11.8 Å². The predicted molar refractivity (Wildman–Crippen MR) is 50.4 cm³/mol. The van der Waals surface area contributed by atoms with E-state index in [1.807, 2.05) is 0 Å². The smallest absolute Gasteiger partial charge is 0.328 e. The van der Waals surface area contributed by atoms with Crippen LogP contribution in [0.25, 0.3) is 0 Å². The van der Waals surface area contributed by atoms with E-state index in [0.717, 1.165) is 0 Å². The maximum absolute atomic E-state index is 11.2. The monoisotopic (exact) mass is 229 g/mol. The molecule has 0 aromatic carbocycles. The third-order valence-electron chi connectivity index (χ3n) is 1.70. The number of aliphatic carboxylic acids is 1. The molecule has 0 saturated heterocycles. The molecule has 0 radical (unpaired) electrons. The number of aliphatic hydroxyl groups is 1. The summed E-state index contributed by atoms with van der Waals surface area (Å²) in [6.07, 6.45) is 1.42. The Morgan fingerprint density at radius 2 is 2.31 bits per heavy atom. The maximum Gasteiger partial charge on any atom is 0.328 e. The third-order valence-corrected chi connectivity index (χ3v) is 1.70. The van der Waals surface area contributed by atoms with Crippen LogP contribution < -0.4 is 10.6 Å². The summed E-state index contributed by atoms with van der Waals surface area (Å²) < 4.78 is 4.70. The fraction of sp³-hybridized carbons (Fsp3) is 0.375. The second kappa shape index (κ2) is 5.71. The van der Waals surface area contributed by atoms with Gasteiger partial charge in [-0.1, -0.05) is 5.16 Å². The lowest BCUT2D eigenvalue weighted by Gasteiger charge is -2.11. The highest BCUT2D eigenvalue weighted by Crippen LogP contribution is 1.94. The second-order valence-corrected chi connectivity index (χ2v) is 2.88. The fourth-order valence-corrected chi connectivity index (χ4v) is 0.895. The number of aromatic nitrogens is 1. The first-order valence-corrected chi connectivity index (χ1v) is 4.41. The number of urea groups is 1. The Bertz CT molecular complexity index is 351. The first-order valence-electron chi connectivity index (χ1n) is 4.41. The molecule has 1 atom stereocenters. The summed E-state index contributed by atoms with van der Waals surface area (Å²) in [6.45, 7) is -0.589. The Morgan fingerprint density at radius 1 is 1.56 bits per heavy atom. The molecule has 88 valence electrons. The molecule has 8 heteroatoms. The molecule has 1 heterocycles. The minimum atomic E-state index is -1.32. The number of carbonyl (C=O) groups is 2. The number of aliphatic hydroxyl groups excluding tert-OH is 1. The van der Waals surface area contributed by atoms with Gasteiger partial charge < -0.3 is 25.4 Å². The van der Waals surface area contributed by atoms with Crippen molar-refractivity contribution in [1.29, 1.82) is 0 Å². The Morgan fingerprint density at radius 3 is 2.81 bits per heavy atom. The highest BCUT2D eigenvalue weighted by atomic mass is 16.5. The lowest BCUT2D eigenvalue weighted by molar-refractivity contribution is -0.140. The van der Waals surface area contributed by atoms with Gasteiger partial charge in [-0.15, -0.1) is 0 Å². The van der Waals surface area contributed by atoms with Crippen molar-refractivity contribution < 1.29 is 24.3 Å². The van der Waals surface area contributed by atoms with Crippen molar-refractivity contribution in [1.82, 2.24) is 15.8 Å². The number of carbonyl (C=O) groups excluding carboxylic acids is 1. The zero-order valence-electron chi connectivity index (χ0n) is 8.21. The molecule has 1 rings (SSSR count). The SMILES string of the molecule is O=C(NCc1ccno1)NC(CO)C(=O)O. The number of amides is 2. The summed E-state index contributed by atoms with van der Waals surface area (Å²) in [6, 6.07) is -0.478.